The SMILES string of the molecule is CC(C)=CCC/C(C)=C/CC/C(C)=C/CC/C=C(\C)CC/C=C(\C)CCC(=O)NCCCCCCOP.CCC.COC. The van der Waals surface area contributed by atoms with Gasteiger partial charge in [0.05, 0.1) is 6.61 Å². The molecule has 4 nitrogen and oxygen atoms in total. The molecule has 0 saturated heterocycles. The molecule has 0 aliphatic rings. The minimum absolute atomic E-state index is 0.172. The van der Waals surface area contributed by atoms with Crippen molar-refractivity contribution in [2.45, 2.75) is 152 Å². The van der Waals surface area contributed by atoms with Crippen molar-refractivity contribution in [3.8, 4) is 0 Å². The maximum Gasteiger partial charge on any atom is 0.220 e. The van der Waals surface area contributed by atoms with E-state index in [1.807, 2.05) is 0 Å². The average Bonchev–Trinajstić information content (AvgIpc) is 2.94. The molecule has 0 spiro atoms. The Morgan fingerprint density at radius 1 is 0.605 bits per heavy atom. The zero-order chi connectivity index (χ0) is 33.1. The molecule has 0 fully saturated rings. The first-order valence-electron chi connectivity index (χ1n) is 16.8. The van der Waals surface area contributed by atoms with Gasteiger partial charge in [0.15, 0.2) is 0 Å². The number of carbonyl (C=O) groups is 1. The zero-order valence-corrected chi connectivity index (χ0v) is 31.4. The Kier molecular flexibility index (Phi) is 39.2. The number of unbranched alkanes of at least 4 members (excludes halogenated alkanes) is 4. The predicted molar refractivity (Wildman–Crippen MR) is 197 cm³/mol. The Balaban J connectivity index is -0.00000244. The Labute approximate surface area is 271 Å². The Bertz CT molecular complexity index is 787. The van der Waals surface area contributed by atoms with Gasteiger partial charge in [-0.2, -0.15) is 0 Å². The molecule has 43 heavy (non-hydrogen) atoms. The highest BCUT2D eigenvalue weighted by molar-refractivity contribution is 7.09. The number of carbonyl (C=O) groups excluding carboxylic acids is 1. The molecule has 1 amide bonds. The zero-order valence-electron chi connectivity index (χ0n) is 30.2. The summed E-state index contributed by atoms with van der Waals surface area (Å²) in [4.78, 5) is 12.0. The number of ether oxygens (including phenoxy) is 1. The topological polar surface area (TPSA) is 47.6 Å². The minimum Gasteiger partial charge on any atom is -0.388 e. The third kappa shape index (κ3) is 42.7. The fourth-order valence-electron chi connectivity index (χ4n) is 4.04. The van der Waals surface area contributed by atoms with E-state index in [4.69, 9.17) is 4.52 Å². The highest BCUT2D eigenvalue weighted by atomic mass is 31.0. The van der Waals surface area contributed by atoms with Crippen LogP contribution < -0.4 is 5.32 Å². The number of rotatable bonds is 22. The molecule has 0 heterocycles. The Morgan fingerprint density at radius 3 is 1.44 bits per heavy atom. The second kappa shape index (κ2) is 36.7. The van der Waals surface area contributed by atoms with Gasteiger partial charge in [0.2, 0.25) is 5.91 Å². The van der Waals surface area contributed by atoms with Crippen molar-refractivity contribution < 1.29 is 14.1 Å². The highest BCUT2D eigenvalue weighted by Gasteiger charge is 2.01. The summed E-state index contributed by atoms with van der Waals surface area (Å²) in [5.41, 5.74) is 7.21. The lowest BCUT2D eigenvalue weighted by atomic mass is 10.0. The number of hydrogen-bond donors (Lipinski definition) is 1. The molecule has 0 aromatic heterocycles. The second-order valence-corrected chi connectivity index (χ2v) is 12.3. The van der Waals surface area contributed by atoms with E-state index in [-0.39, 0.29) is 5.91 Å². The third-order valence-corrected chi connectivity index (χ3v) is 6.80. The summed E-state index contributed by atoms with van der Waals surface area (Å²) in [6.45, 7) is 19.1. The lowest BCUT2D eigenvalue weighted by Crippen LogP contribution is -2.24. The number of allylic oxidation sites excluding steroid dienone is 10. The average molecular weight is 622 g/mol. The van der Waals surface area contributed by atoms with Crippen LogP contribution in [0, 0.1) is 0 Å². The van der Waals surface area contributed by atoms with Crippen molar-refractivity contribution in [2.75, 3.05) is 27.4 Å². The normalized spacial score (nSPS) is 12.2. The van der Waals surface area contributed by atoms with Gasteiger partial charge in [-0.1, -0.05) is 91.4 Å². The van der Waals surface area contributed by atoms with E-state index in [9.17, 15) is 4.79 Å². The fraction of sp³-hybridized carbons (Fsp3) is 0.711. The van der Waals surface area contributed by atoms with Crippen LogP contribution in [0.4, 0.5) is 0 Å². The molecule has 0 rings (SSSR count). The summed E-state index contributed by atoms with van der Waals surface area (Å²) in [6, 6.07) is 0. The van der Waals surface area contributed by atoms with Crippen LogP contribution in [-0.4, -0.2) is 33.3 Å². The molecule has 0 aromatic carbocycles. The monoisotopic (exact) mass is 622 g/mol. The van der Waals surface area contributed by atoms with Gasteiger partial charge in [0, 0.05) is 36.7 Å². The van der Waals surface area contributed by atoms with E-state index in [1.165, 1.54) is 47.1 Å². The lowest BCUT2D eigenvalue weighted by Gasteiger charge is -2.06. The molecule has 0 aliphatic heterocycles. The predicted octanol–water partition coefficient (Wildman–Crippen LogP) is 11.8. The van der Waals surface area contributed by atoms with Crippen LogP contribution in [0.5, 0.6) is 0 Å². The van der Waals surface area contributed by atoms with Crippen LogP contribution in [0.2, 0.25) is 0 Å². The summed E-state index contributed by atoms with van der Waals surface area (Å²) in [7, 11) is 5.54. The first-order chi connectivity index (χ1) is 20.6. The second-order valence-electron chi connectivity index (χ2n) is 11.9. The van der Waals surface area contributed by atoms with Crippen LogP contribution in [-0.2, 0) is 14.1 Å². The van der Waals surface area contributed by atoms with Crippen LogP contribution in [0.1, 0.15) is 152 Å². The van der Waals surface area contributed by atoms with E-state index in [1.54, 1.807) is 14.2 Å². The smallest absolute Gasteiger partial charge is 0.220 e. The third-order valence-electron chi connectivity index (χ3n) is 6.56. The van der Waals surface area contributed by atoms with Crippen molar-refractivity contribution in [1.29, 1.82) is 0 Å². The van der Waals surface area contributed by atoms with E-state index in [2.05, 4.69) is 105 Å². The fourth-order valence-corrected chi connectivity index (χ4v) is 4.21. The maximum absolute atomic E-state index is 12.0. The first kappa shape index (κ1) is 45.9. The van der Waals surface area contributed by atoms with Crippen molar-refractivity contribution in [2.24, 2.45) is 0 Å². The summed E-state index contributed by atoms with van der Waals surface area (Å²) in [5, 5.41) is 3.05. The van der Waals surface area contributed by atoms with E-state index >= 15 is 0 Å². The minimum atomic E-state index is 0.172. The molecular weight excluding hydrogens is 549 g/mol. The molecule has 5 heteroatoms. The number of nitrogens with one attached hydrogen (secondary N) is 1. The van der Waals surface area contributed by atoms with Crippen molar-refractivity contribution in [3.05, 3.63) is 58.2 Å². The number of hydrogen-bond acceptors (Lipinski definition) is 3. The van der Waals surface area contributed by atoms with Crippen LogP contribution in [0.3, 0.4) is 0 Å². The molecule has 1 unspecified atom stereocenters. The molecule has 0 radical (unpaired) electrons. The summed E-state index contributed by atoms with van der Waals surface area (Å²) in [5.74, 6) is 0.172. The van der Waals surface area contributed by atoms with Crippen molar-refractivity contribution in [1.82, 2.24) is 5.32 Å². The number of methoxy groups -OCH3 is 1. The summed E-state index contributed by atoms with van der Waals surface area (Å²) in [6.07, 6.45) is 28.0. The van der Waals surface area contributed by atoms with Gasteiger partial charge < -0.3 is 14.6 Å². The first-order valence-corrected chi connectivity index (χ1v) is 17.3. The summed E-state index contributed by atoms with van der Waals surface area (Å²) < 4.78 is 9.22. The molecule has 1 N–H and O–H groups in total. The lowest BCUT2D eigenvalue weighted by molar-refractivity contribution is -0.121. The number of amides is 1. The van der Waals surface area contributed by atoms with Crippen molar-refractivity contribution in [3.63, 3.8) is 0 Å². The van der Waals surface area contributed by atoms with Gasteiger partial charge in [-0.05, 0) is 112 Å². The molecule has 1 atom stereocenters. The van der Waals surface area contributed by atoms with Gasteiger partial charge >= 0.3 is 0 Å². The standard InChI is InChI=1S/C33H58NO2P.C3H8.C2H6O/c1-28(2)16-13-19-31(5)22-14-20-29(3)17-9-10-18-30(4)21-15-23-32(6)24-25-33(35)34-26-11-7-8-12-27-36-37;2*1-3-2/h16-18,22-23H,7-15,19-21,24-27,37H2,1-6H3,(H,34,35);3H2,1-2H3;1-2H3/b29-17+,30-18+,31-22+,32-23+;;. The van der Waals surface area contributed by atoms with Gasteiger partial charge in [0.25, 0.3) is 0 Å². The van der Waals surface area contributed by atoms with Gasteiger partial charge in [-0.15, -0.1) is 0 Å². The van der Waals surface area contributed by atoms with E-state index in [0.29, 0.717) is 6.42 Å². The van der Waals surface area contributed by atoms with Crippen LogP contribution in [0.15, 0.2) is 58.2 Å². The molecule has 252 valence electrons. The molecular formula is C38H72NO3P. The van der Waals surface area contributed by atoms with Gasteiger partial charge in [0.1, 0.15) is 0 Å². The van der Waals surface area contributed by atoms with Gasteiger partial charge in [-0.25, -0.2) is 0 Å². The Morgan fingerprint density at radius 2 is 1.00 bits per heavy atom. The largest absolute Gasteiger partial charge is 0.388 e. The molecule has 0 saturated carbocycles. The van der Waals surface area contributed by atoms with Gasteiger partial charge in [-0.3, -0.25) is 4.79 Å². The Hall–Kier alpha value is -1.48. The molecule has 0 bridgehead atoms. The van der Waals surface area contributed by atoms with E-state index < -0.39 is 0 Å². The van der Waals surface area contributed by atoms with Crippen LogP contribution >= 0.6 is 9.47 Å². The van der Waals surface area contributed by atoms with Crippen LogP contribution in [0.25, 0.3) is 0 Å². The molecule has 0 aliphatic carbocycles. The highest BCUT2D eigenvalue weighted by Crippen LogP contribution is 2.14. The molecule has 0 aromatic rings. The maximum atomic E-state index is 12.0. The quantitative estimate of drug-likeness (QED) is 0.0743. The van der Waals surface area contributed by atoms with E-state index in [0.717, 1.165) is 83.8 Å². The summed E-state index contributed by atoms with van der Waals surface area (Å²) >= 11 is 0. The van der Waals surface area contributed by atoms with Crippen molar-refractivity contribution >= 4 is 15.4 Å².